The van der Waals surface area contributed by atoms with Gasteiger partial charge in [-0.25, -0.2) is 4.79 Å². The topological polar surface area (TPSA) is 94.2 Å². The van der Waals surface area contributed by atoms with Crippen molar-refractivity contribution in [2.75, 3.05) is 20.2 Å². The van der Waals surface area contributed by atoms with Crippen molar-refractivity contribution in [2.45, 2.75) is 83.6 Å². The second-order valence-electron chi connectivity index (χ2n) is 10.6. The van der Waals surface area contributed by atoms with E-state index in [9.17, 15) is 14.4 Å². The van der Waals surface area contributed by atoms with Gasteiger partial charge in [0.25, 0.3) is 0 Å². The van der Waals surface area contributed by atoms with E-state index >= 15 is 0 Å². The molecule has 1 saturated carbocycles. The Kier molecular flexibility index (Phi) is 8.67. The summed E-state index contributed by atoms with van der Waals surface area (Å²) in [5.41, 5.74) is 0.274. The van der Waals surface area contributed by atoms with E-state index in [1.807, 2.05) is 31.2 Å². The fraction of sp³-hybridized carbons (Fsp3) is 0.607. The number of fused-ring (bicyclic) bond motifs is 1. The van der Waals surface area contributed by atoms with Crippen LogP contribution in [0.4, 0.5) is 4.79 Å². The van der Waals surface area contributed by atoms with Gasteiger partial charge in [-0.3, -0.25) is 14.9 Å². The average Bonchev–Trinajstić information content (AvgIpc) is 3.25. The van der Waals surface area contributed by atoms with Crippen LogP contribution in [0.25, 0.3) is 0 Å². The third-order valence-corrected chi connectivity index (χ3v) is 6.65. The zero-order valence-electron chi connectivity index (χ0n) is 22.2. The number of rotatable bonds is 5. The molecule has 8 heteroatoms. The van der Waals surface area contributed by atoms with Gasteiger partial charge in [-0.15, -0.1) is 0 Å². The zero-order valence-corrected chi connectivity index (χ0v) is 22.2. The quantitative estimate of drug-likeness (QED) is 0.377. The Hall–Kier alpha value is -3.05. The molecule has 1 N–H and O–H groups in total. The molecule has 1 aromatic rings. The van der Waals surface area contributed by atoms with Crippen molar-refractivity contribution in [1.82, 2.24) is 10.2 Å². The third kappa shape index (κ3) is 6.79. The first-order chi connectivity index (χ1) is 16.9. The van der Waals surface area contributed by atoms with Gasteiger partial charge in [0, 0.05) is 24.1 Å². The first kappa shape index (κ1) is 27.5. The van der Waals surface area contributed by atoms with E-state index < -0.39 is 29.2 Å². The van der Waals surface area contributed by atoms with Gasteiger partial charge in [-0.2, -0.15) is 0 Å². The van der Waals surface area contributed by atoms with Crippen molar-refractivity contribution in [3.05, 3.63) is 35.4 Å². The summed E-state index contributed by atoms with van der Waals surface area (Å²) >= 11 is 0. The van der Waals surface area contributed by atoms with Crippen LogP contribution in [-0.2, 0) is 23.8 Å². The number of ether oxygens (including phenoxy) is 3. The number of hydrogen-bond acceptors (Lipinski definition) is 7. The van der Waals surface area contributed by atoms with Gasteiger partial charge in [0.15, 0.2) is 5.60 Å². The van der Waals surface area contributed by atoms with Crippen LogP contribution in [0.1, 0.15) is 64.5 Å². The van der Waals surface area contributed by atoms with Gasteiger partial charge in [-0.05, 0) is 83.9 Å². The summed E-state index contributed by atoms with van der Waals surface area (Å²) in [6.45, 7) is 9.44. The summed E-state index contributed by atoms with van der Waals surface area (Å²) in [4.78, 5) is 39.4. The van der Waals surface area contributed by atoms with Gasteiger partial charge in [0.05, 0.1) is 13.7 Å². The van der Waals surface area contributed by atoms with Crippen molar-refractivity contribution in [3.63, 3.8) is 0 Å². The van der Waals surface area contributed by atoms with Crippen molar-refractivity contribution in [1.29, 1.82) is 0 Å². The number of aryl methyl sites for hydroxylation is 1. The van der Waals surface area contributed by atoms with Crippen LogP contribution in [0.3, 0.4) is 0 Å². The lowest BCUT2D eigenvalue weighted by Gasteiger charge is -2.43. The van der Waals surface area contributed by atoms with Gasteiger partial charge in [-0.1, -0.05) is 18.1 Å². The van der Waals surface area contributed by atoms with Crippen LogP contribution in [0.15, 0.2) is 24.3 Å². The number of amides is 1. The van der Waals surface area contributed by atoms with Crippen LogP contribution in [-0.4, -0.2) is 66.4 Å². The molecule has 0 spiro atoms. The van der Waals surface area contributed by atoms with Crippen molar-refractivity contribution in [2.24, 2.45) is 5.92 Å². The summed E-state index contributed by atoms with van der Waals surface area (Å²) in [7, 11) is 1.38. The van der Waals surface area contributed by atoms with E-state index in [2.05, 4.69) is 17.2 Å². The zero-order chi connectivity index (χ0) is 26.5. The molecule has 1 aromatic carbocycles. The number of likely N-dealkylation sites (tertiary alicyclic amines) is 1. The van der Waals surface area contributed by atoms with Gasteiger partial charge >= 0.3 is 18.0 Å². The fourth-order valence-corrected chi connectivity index (χ4v) is 5.03. The summed E-state index contributed by atoms with van der Waals surface area (Å²) in [6.07, 6.45) is 2.42. The predicted molar refractivity (Wildman–Crippen MR) is 135 cm³/mol. The summed E-state index contributed by atoms with van der Waals surface area (Å²) in [5.74, 6) is 5.48. The number of carbonyl (C=O) groups excluding carboxylic acids is 3. The minimum atomic E-state index is -1.05. The lowest BCUT2D eigenvalue weighted by atomic mass is 9.72. The molecule has 1 aliphatic heterocycles. The number of hydrogen-bond donors (Lipinski definition) is 1. The van der Waals surface area contributed by atoms with E-state index in [0.29, 0.717) is 19.4 Å². The number of carbonyl (C=O) groups is 3. The van der Waals surface area contributed by atoms with Crippen LogP contribution in [0, 0.1) is 24.7 Å². The van der Waals surface area contributed by atoms with E-state index in [1.165, 1.54) is 7.11 Å². The molecule has 1 heterocycles. The maximum absolute atomic E-state index is 13.2. The Morgan fingerprint density at radius 2 is 2.00 bits per heavy atom. The predicted octanol–water partition coefficient (Wildman–Crippen LogP) is 3.59. The third-order valence-electron chi connectivity index (χ3n) is 6.65. The van der Waals surface area contributed by atoms with Gasteiger partial charge in [0.2, 0.25) is 0 Å². The highest BCUT2D eigenvalue weighted by Gasteiger charge is 2.54. The Balaban J connectivity index is 1.83. The molecule has 3 rings (SSSR count). The standard InChI is InChI=1S/C28H38N2O6/c1-19-9-7-10-21(17-19)12-15-28(14-8-11-23-22(28)13-16-30(23)26(33)34-6)36-25(32)20(2)29-18-24(31)35-27(3,4)5/h7,9-10,17,20,22-23,29H,8,11,13-14,16,18H2,1-6H3/t20-,22+,23+,28+/m0/s1. The highest BCUT2D eigenvalue weighted by Crippen LogP contribution is 2.45. The maximum atomic E-state index is 13.2. The summed E-state index contributed by atoms with van der Waals surface area (Å²) in [6, 6.07) is 7.00. The van der Waals surface area contributed by atoms with Gasteiger partial charge in [0.1, 0.15) is 11.6 Å². The SMILES string of the molecule is COC(=O)N1CC[C@@H]2[C@H]1CCC[C@]2(C#Cc1cccc(C)c1)OC(=O)[C@H](C)NCC(=O)OC(C)(C)C. The molecule has 36 heavy (non-hydrogen) atoms. The lowest BCUT2D eigenvalue weighted by molar-refractivity contribution is -0.165. The minimum absolute atomic E-state index is 0.113. The number of nitrogens with one attached hydrogen (secondary N) is 1. The number of nitrogens with zero attached hydrogens (tertiary/aromatic N) is 1. The van der Waals surface area contributed by atoms with E-state index in [-0.39, 0.29) is 24.6 Å². The first-order valence-electron chi connectivity index (χ1n) is 12.6. The highest BCUT2D eigenvalue weighted by molar-refractivity contribution is 5.78. The Morgan fingerprint density at radius 1 is 1.25 bits per heavy atom. The Morgan fingerprint density at radius 3 is 2.67 bits per heavy atom. The normalized spacial score (nSPS) is 24.1. The van der Waals surface area contributed by atoms with Crippen molar-refractivity contribution >= 4 is 18.0 Å². The van der Waals surface area contributed by atoms with E-state index in [1.54, 1.807) is 32.6 Å². The maximum Gasteiger partial charge on any atom is 0.409 e. The fourth-order valence-electron chi connectivity index (χ4n) is 5.03. The second kappa shape index (κ2) is 11.3. The van der Waals surface area contributed by atoms with Crippen LogP contribution < -0.4 is 5.32 Å². The van der Waals surface area contributed by atoms with Crippen molar-refractivity contribution < 1.29 is 28.6 Å². The molecular formula is C28H38N2O6. The molecule has 0 aromatic heterocycles. The molecule has 4 atom stereocenters. The number of benzene rings is 1. The highest BCUT2D eigenvalue weighted by atomic mass is 16.6. The number of methoxy groups -OCH3 is 1. The molecule has 8 nitrogen and oxygen atoms in total. The van der Waals surface area contributed by atoms with E-state index in [0.717, 1.165) is 24.0 Å². The smallest absolute Gasteiger partial charge is 0.409 e. The van der Waals surface area contributed by atoms with Gasteiger partial charge < -0.3 is 19.1 Å². The average molecular weight is 499 g/mol. The molecule has 2 aliphatic rings. The van der Waals surface area contributed by atoms with Crippen LogP contribution in [0.5, 0.6) is 0 Å². The molecule has 196 valence electrons. The molecule has 0 unspecified atom stereocenters. The molecular weight excluding hydrogens is 460 g/mol. The monoisotopic (exact) mass is 498 g/mol. The Labute approximate surface area is 214 Å². The molecule has 1 aliphatic carbocycles. The lowest BCUT2D eigenvalue weighted by Crippen LogP contribution is -2.53. The molecule has 1 saturated heterocycles. The minimum Gasteiger partial charge on any atom is -0.459 e. The van der Waals surface area contributed by atoms with Crippen LogP contribution in [0.2, 0.25) is 0 Å². The first-order valence-corrected chi connectivity index (χ1v) is 12.6. The largest absolute Gasteiger partial charge is 0.459 e. The Bertz CT molecular complexity index is 1040. The molecule has 2 fully saturated rings. The summed E-state index contributed by atoms with van der Waals surface area (Å²) in [5, 5.41) is 2.91. The van der Waals surface area contributed by atoms with E-state index in [4.69, 9.17) is 14.2 Å². The van der Waals surface area contributed by atoms with Crippen molar-refractivity contribution in [3.8, 4) is 11.8 Å². The second-order valence-corrected chi connectivity index (χ2v) is 10.6. The van der Waals surface area contributed by atoms with Crippen LogP contribution >= 0.6 is 0 Å². The molecule has 1 amide bonds. The number of esters is 2. The molecule has 0 radical (unpaired) electrons. The molecule has 0 bridgehead atoms. The summed E-state index contributed by atoms with van der Waals surface area (Å²) < 4.78 is 16.5.